The predicted octanol–water partition coefficient (Wildman–Crippen LogP) is 2.33. The summed E-state index contributed by atoms with van der Waals surface area (Å²) in [6.45, 7) is 7.30. The number of fused-ring (bicyclic) bond motifs is 1. The fourth-order valence-corrected chi connectivity index (χ4v) is 3.14. The minimum absolute atomic E-state index is 0.974. The van der Waals surface area contributed by atoms with Gasteiger partial charge in [0, 0.05) is 30.2 Å². The summed E-state index contributed by atoms with van der Waals surface area (Å²) in [5, 5.41) is 4.54. The number of thiazole rings is 1. The van der Waals surface area contributed by atoms with Crippen molar-refractivity contribution in [1.82, 2.24) is 14.9 Å². The molecule has 0 spiro atoms. The number of nitrogens with zero attached hydrogens (tertiary/aromatic N) is 2. The Labute approximate surface area is 99.1 Å². The fourth-order valence-electron chi connectivity index (χ4n) is 2.31. The monoisotopic (exact) mass is 233 g/mol. The second kappa shape index (κ2) is 3.71. The average Bonchev–Trinajstić information content (AvgIpc) is 2.81. The summed E-state index contributed by atoms with van der Waals surface area (Å²) >= 11 is 1.78. The van der Waals surface area contributed by atoms with Crippen molar-refractivity contribution in [3.63, 3.8) is 0 Å². The second-order valence-electron chi connectivity index (χ2n) is 4.18. The van der Waals surface area contributed by atoms with Crippen LogP contribution in [0, 0.1) is 13.8 Å². The van der Waals surface area contributed by atoms with E-state index >= 15 is 0 Å². The van der Waals surface area contributed by atoms with E-state index in [0.29, 0.717) is 0 Å². The number of nitrogens with one attached hydrogen (secondary N) is 1. The zero-order valence-corrected chi connectivity index (χ0v) is 10.4. The molecule has 1 aliphatic heterocycles. The van der Waals surface area contributed by atoms with Gasteiger partial charge in [-0.05, 0) is 26.0 Å². The van der Waals surface area contributed by atoms with Gasteiger partial charge in [-0.2, -0.15) is 0 Å². The van der Waals surface area contributed by atoms with E-state index in [1.165, 1.54) is 16.3 Å². The zero-order chi connectivity index (χ0) is 11.1. The fraction of sp³-hybridized carbons (Fsp3) is 0.417. The maximum absolute atomic E-state index is 4.64. The summed E-state index contributed by atoms with van der Waals surface area (Å²) in [4.78, 5) is 5.95. The predicted molar refractivity (Wildman–Crippen MR) is 66.7 cm³/mol. The van der Waals surface area contributed by atoms with Gasteiger partial charge >= 0.3 is 0 Å². The lowest BCUT2D eigenvalue weighted by Gasteiger charge is -2.18. The first-order valence-electron chi connectivity index (χ1n) is 5.59. The molecule has 0 saturated carbocycles. The van der Waals surface area contributed by atoms with Crippen molar-refractivity contribution in [3.05, 3.63) is 27.7 Å². The molecule has 0 radical (unpaired) electrons. The van der Waals surface area contributed by atoms with Gasteiger partial charge in [-0.25, -0.2) is 4.98 Å². The number of aryl methyl sites for hydroxylation is 2. The highest BCUT2D eigenvalue weighted by atomic mass is 32.1. The van der Waals surface area contributed by atoms with Crippen molar-refractivity contribution in [2.24, 2.45) is 0 Å². The van der Waals surface area contributed by atoms with Crippen LogP contribution in [0.2, 0.25) is 0 Å². The molecule has 4 heteroatoms. The van der Waals surface area contributed by atoms with Gasteiger partial charge in [-0.3, -0.25) is 0 Å². The van der Waals surface area contributed by atoms with E-state index in [2.05, 4.69) is 40.8 Å². The number of aromatic nitrogens is 2. The summed E-state index contributed by atoms with van der Waals surface area (Å²) in [5.41, 5.74) is 3.81. The SMILES string of the molecule is Cc1nc(-c2ccc3n2CCNC3)c(C)s1. The van der Waals surface area contributed by atoms with E-state index in [0.717, 1.165) is 30.3 Å². The number of hydrogen-bond acceptors (Lipinski definition) is 3. The molecule has 3 rings (SSSR count). The normalized spacial score (nSPS) is 15.1. The van der Waals surface area contributed by atoms with Crippen LogP contribution >= 0.6 is 11.3 Å². The first-order valence-corrected chi connectivity index (χ1v) is 6.41. The highest BCUT2D eigenvalue weighted by Gasteiger charge is 2.16. The van der Waals surface area contributed by atoms with Crippen LogP contribution in [-0.4, -0.2) is 16.1 Å². The highest BCUT2D eigenvalue weighted by molar-refractivity contribution is 7.11. The van der Waals surface area contributed by atoms with Crippen LogP contribution in [0.25, 0.3) is 11.4 Å². The Hall–Kier alpha value is -1.13. The van der Waals surface area contributed by atoms with Crippen LogP contribution in [0.3, 0.4) is 0 Å². The molecule has 1 aliphatic rings. The average molecular weight is 233 g/mol. The van der Waals surface area contributed by atoms with Crippen LogP contribution in [0.4, 0.5) is 0 Å². The minimum Gasteiger partial charge on any atom is -0.341 e. The molecule has 0 aromatic carbocycles. The van der Waals surface area contributed by atoms with E-state index in [9.17, 15) is 0 Å². The van der Waals surface area contributed by atoms with Crippen LogP contribution in [0.1, 0.15) is 15.6 Å². The Bertz CT molecular complexity index is 524. The van der Waals surface area contributed by atoms with Gasteiger partial charge in [0.25, 0.3) is 0 Å². The van der Waals surface area contributed by atoms with E-state index in [1.807, 2.05) is 0 Å². The first-order chi connectivity index (χ1) is 7.75. The maximum Gasteiger partial charge on any atom is 0.101 e. The molecule has 3 nitrogen and oxygen atoms in total. The minimum atomic E-state index is 0.974. The lowest BCUT2D eigenvalue weighted by atomic mass is 10.3. The molecule has 0 unspecified atom stereocenters. The molecule has 0 fully saturated rings. The smallest absolute Gasteiger partial charge is 0.101 e. The second-order valence-corrected chi connectivity index (χ2v) is 5.58. The van der Waals surface area contributed by atoms with Crippen LogP contribution in [-0.2, 0) is 13.1 Å². The van der Waals surface area contributed by atoms with E-state index in [4.69, 9.17) is 0 Å². The summed E-state index contributed by atoms with van der Waals surface area (Å²) < 4.78 is 2.39. The van der Waals surface area contributed by atoms with Crippen LogP contribution < -0.4 is 5.32 Å². The van der Waals surface area contributed by atoms with Crippen LogP contribution in [0.5, 0.6) is 0 Å². The van der Waals surface area contributed by atoms with Crippen LogP contribution in [0.15, 0.2) is 12.1 Å². The van der Waals surface area contributed by atoms with E-state index in [-0.39, 0.29) is 0 Å². The van der Waals surface area contributed by atoms with Gasteiger partial charge in [0.05, 0.1) is 10.7 Å². The Kier molecular flexibility index (Phi) is 2.33. The Morgan fingerprint density at radius 1 is 1.38 bits per heavy atom. The molecule has 0 bridgehead atoms. The Morgan fingerprint density at radius 2 is 2.25 bits per heavy atom. The molecule has 0 aliphatic carbocycles. The third kappa shape index (κ3) is 1.49. The number of hydrogen-bond donors (Lipinski definition) is 1. The summed E-state index contributed by atoms with van der Waals surface area (Å²) in [7, 11) is 0. The molecule has 3 heterocycles. The standard InChI is InChI=1S/C12H15N3S/c1-8-12(14-9(2)16-8)11-4-3-10-7-13-5-6-15(10)11/h3-4,13H,5-7H2,1-2H3. The molecule has 0 saturated heterocycles. The molecular formula is C12H15N3S. The van der Waals surface area contributed by atoms with E-state index < -0.39 is 0 Å². The third-order valence-corrected chi connectivity index (χ3v) is 3.92. The van der Waals surface area contributed by atoms with Gasteiger partial charge < -0.3 is 9.88 Å². The quantitative estimate of drug-likeness (QED) is 0.819. The largest absolute Gasteiger partial charge is 0.341 e. The molecular weight excluding hydrogens is 218 g/mol. The third-order valence-electron chi connectivity index (χ3n) is 3.04. The molecule has 2 aromatic rings. The Morgan fingerprint density at radius 3 is 3.00 bits per heavy atom. The van der Waals surface area contributed by atoms with Gasteiger partial charge in [-0.1, -0.05) is 0 Å². The van der Waals surface area contributed by atoms with Crippen molar-refractivity contribution in [2.45, 2.75) is 26.9 Å². The van der Waals surface area contributed by atoms with Crippen molar-refractivity contribution in [2.75, 3.05) is 6.54 Å². The summed E-state index contributed by atoms with van der Waals surface area (Å²) in [6, 6.07) is 4.40. The highest BCUT2D eigenvalue weighted by Crippen LogP contribution is 2.29. The summed E-state index contributed by atoms with van der Waals surface area (Å²) in [5.74, 6) is 0. The van der Waals surface area contributed by atoms with Gasteiger partial charge in [-0.15, -0.1) is 11.3 Å². The molecule has 2 aromatic heterocycles. The van der Waals surface area contributed by atoms with Gasteiger partial charge in [0.1, 0.15) is 5.69 Å². The molecule has 16 heavy (non-hydrogen) atoms. The molecule has 0 amide bonds. The topological polar surface area (TPSA) is 29.9 Å². The van der Waals surface area contributed by atoms with Gasteiger partial charge in [0.15, 0.2) is 0 Å². The molecule has 1 N–H and O–H groups in total. The molecule has 0 atom stereocenters. The van der Waals surface area contributed by atoms with Crippen molar-refractivity contribution < 1.29 is 0 Å². The van der Waals surface area contributed by atoms with E-state index in [1.54, 1.807) is 11.3 Å². The van der Waals surface area contributed by atoms with Crippen molar-refractivity contribution >= 4 is 11.3 Å². The Balaban J connectivity index is 2.13. The lowest BCUT2D eigenvalue weighted by Crippen LogP contribution is -2.27. The van der Waals surface area contributed by atoms with Crippen molar-refractivity contribution in [1.29, 1.82) is 0 Å². The van der Waals surface area contributed by atoms with Gasteiger partial charge in [0.2, 0.25) is 0 Å². The maximum atomic E-state index is 4.64. The first kappa shape index (κ1) is 10.1. The zero-order valence-electron chi connectivity index (χ0n) is 9.58. The van der Waals surface area contributed by atoms with Crippen molar-refractivity contribution in [3.8, 4) is 11.4 Å². The number of rotatable bonds is 1. The lowest BCUT2D eigenvalue weighted by molar-refractivity contribution is 0.520. The summed E-state index contributed by atoms with van der Waals surface area (Å²) in [6.07, 6.45) is 0. The molecule has 84 valence electrons.